The van der Waals surface area contributed by atoms with E-state index in [9.17, 15) is 14.7 Å². The summed E-state index contributed by atoms with van der Waals surface area (Å²) in [5, 5.41) is 20.8. The lowest BCUT2D eigenvalue weighted by Gasteiger charge is -2.21. The lowest BCUT2D eigenvalue weighted by Crippen LogP contribution is -2.49. The third kappa shape index (κ3) is 5.07. The Hall–Kier alpha value is -2.59. The molecule has 0 saturated heterocycles. The smallest absolute Gasteiger partial charge is 0.258 e. The van der Waals surface area contributed by atoms with Crippen molar-refractivity contribution in [3.63, 3.8) is 0 Å². The largest absolute Gasteiger partial charge is 0.508 e. The maximum Gasteiger partial charge on any atom is 0.258 e. The number of hydrogen-bond donors (Lipinski definition) is 2. The topological polar surface area (TPSA) is 103 Å². The van der Waals surface area contributed by atoms with E-state index in [2.05, 4.69) is 5.32 Å². The summed E-state index contributed by atoms with van der Waals surface area (Å²) in [7, 11) is 1.38. The molecule has 118 valence electrons. The molecule has 0 fully saturated rings. The number of carbonyl (C=O) groups is 2. The van der Waals surface area contributed by atoms with E-state index in [0.717, 1.165) is 10.5 Å². The van der Waals surface area contributed by atoms with E-state index in [-0.39, 0.29) is 25.3 Å². The first-order valence-electron chi connectivity index (χ1n) is 6.79. The van der Waals surface area contributed by atoms with E-state index in [4.69, 9.17) is 10.00 Å². The number of rotatable bonds is 7. The van der Waals surface area contributed by atoms with Gasteiger partial charge in [0.1, 0.15) is 18.4 Å². The number of ether oxygens (including phenoxy) is 1. The molecular weight excluding hydrogens is 286 g/mol. The second-order valence-electron chi connectivity index (χ2n) is 4.61. The second-order valence-corrected chi connectivity index (χ2v) is 4.61. The maximum absolute atomic E-state index is 12.3. The Labute approximate surface area is 129 Å². The van der Waals surface area contributed by atoms with Gasteiger partial charge in [-0.3, -0.25) is 9.59 Å². The number of nitrogens with zero attached hydrogens (tertiary/aromatic N) is 2. The van der Waals surface area contributed by atoms with Crippen LogP contribution in [0.25, 0.3) is 0 Å². The predicted molar refractivity (Wildman–Crippen MR) is 78.6 cm³/mol. The molecule has 0 saturated carbocycles. The highest BCUT2D eigenvalue weighted by Crippen LogP contribution is 2.12. The first kappa shape index (κ1) is 17.5. The number of hydrogen-bond acceptors (Lipinski definition) is 5. The number of benzene rings is 1. The number of phenols is 1. The summed E-state index contributed by atoms with van der Waals surface area (Å²) in [6.45, 7) is 1.73. The van der Waals surface area contributed by atoms with Crippen molar-refractivity contribution in [1.82, 2.24) is 10.2 Å². The van der Waals surface area contributed by atoms with Crippen LogP contribution >= 0.6 is 0 Å². The molecule has 0 aliphatic heterocycles. The minimum atomic E-state index is -0.869. The zero-order valence-electron chi connectivity index (χ0n) is 12.6. The zero-order valence-corrected chi connectivity index (χ0v) is 12.6. The Morgan fingerprint density at radius 2 is 2.05 bits per heavy atom. The van der Waals surface area contributed by atoms with Crippen molar-refractivity contribution < 1.29 is 19.4 Å². The number of nitriles is 1. The molecule has 1 aromatic rings. The van der Waals surface area contributed by atoms with Crippen molar-refractivity contribution in [1.29, 1.82) is 5.26 Å². The van der Waals surface area contributed by atoms with E-state index in [0.29, 0.717) is 0 Å². The van der Waals surface area contributed by atoms with Gasteiger partial charge in [0.25, 0.3) is 5.91 Å². The standard InChI is InChI=1S/C15H19N3O4/c1-3-18(10-16)15(21)13(17-14(20)9-22-2)8-11-4-6-12(19)7-5-11/h4-7,13,19H,3,8-9H2,1-2H3,(H,17,20). The molecule has 0 aromatic heterocycles. The fraction of sp³-hybridized carbons (Fsp3) is 0.400. The number of nitrogens with one attached hydrogen (secondary N) is 1. The molecule has 1 rings (SSSR count). The lowest BCUT2D eigenvalue weighted by molar-refractivity contribution is -0.135. The van der Waals surface area contributed by atoms with Crippen molar-refractivity contribution >= 4 is 11.8 Å². The third-order valence-corrected chi connectivity index (χ3v) is 2.99. The fourth-order valence-electron chi connectivity index (χ4n) is 1.90. The van der Waals surface area contributed by atoms with Crippen LogP contribution in [0.15, 0.2) is 24.3 Å². The van der Waals surface area contributed by atoms with Gasteiger partial charge < -0.3 is 15.2 Å². The molecule has 0 aliphatic carbocycles. The number of phenolic OH excluding ortho intramolecular Hbond substituents is 1. The van der Waals surface area contributed by atoms with Gasteiger partial charge in [0, 0.05) is 20.1 Å². The molecule has 22 heavy (non-hydrogen) atoms. The van der Waals surface area contributed by atoms with Gasteiger partial charge in [-0.1, -0.05) is 12.1 Å². The summed E-state index contributed by atoms with van der Waals surface area (Å²) in [5.41, 5.74) is 0.753. The molecule has 7 nitrogen and oxygen atoms in total. The molecule has 0 aliphatic rings. The number of carbonyl (C=O) groups excluding carboxylic acids is 2. The van der Waals surface area contributed by atoms with Gasteiger partial charge in [0.2, 0.25) is 5.91 Å². The van der Waals surface area contributed by atoms with Crippen molar-refractivity contribution in [3.8, 4) is 11.9 Å². The van der Waals surface area contributed by atoms with Crippen LogP contribution in [0.4, 0.5) is 0 Å². The van der Waals surface area contributed by atoms with Gasteiger partial charge in [-0.25, -0.2) is 4.90 Å². The van der Waals surface area contributed by atoms with Crippen molar-refractivity contribution in [2.45, 2.75) is 19.4 Å². The molecule has 2 amide bonds. The highest BCUT2D eigenvalue weighted by Gasteiger charge is 2.25. The van der Waals surface area contributed by atoms with Crippen LogP contribution < -0.4 is 5.32 Å². The Kier molecular flexibility index (Phi) is 6.86. The van der Waals surface area contributed by atoms with Gasteiger partial charge in [0.15, 0.2) is 6.19 Å². The van der Waals surface area contributed by atoms with Crippen LogP contribution in [0.5, 0.6) is 5.75 Å². The Bertz CT molecular complexity index is 551. The summed E-state index contributed by atoms with van der Waals surface area (Å²) in [5.74, 6) is -0.807. The SMILES string of the molecule is CCN(C#N)C(=O)C(Cc1ccc(O)cc1)NC(=O)COC. The quantitative estimate of drug-likeness (QED) is 0.560. The van der Waals surface area contributed by atoms with Gasteiger partial charge in [-0.2, -0.15) is 5.26 Å². The Balaban J connectivity index is 2.90. The number of amides is 2. The van der Waals surface area contributed by atoms with Crippen molar-refractivity contribution in [2.24, 2.45) is 0 Å². The van der Waals surface area contributed by atoms with Gasteiger partial charge in [-0.05, 0) is 24.6 Å². The lowest BCUT2D eigenvalue weighted by atomic mass is 10.0. The average Bonchev–Trinajstić information content (AvgIpc) is 2.50. The molecule has 0 radical (unpaired) electrons. The molecule has 0 heterocycles. The van der Waals surface area contributed by atoms with Crippen LogP contribution in [0.1, 0.15) is 12.5 Å². The van der Waals surface area contributed by atoms with Crippen LogP contribution in [-0.4, -0.2) is 48.1 Å². The summed E-state index contributed by atoms with van der Waals surface area (Å²) in [6.07, 6.45) is 2.01. The summed E-state index contributed by atoms with van der Waals surface area (Å²) >= 11 is 0. The molecule has 0 spiro atoms. The number of likely N-dealkylation sites (N-methyl/N-ethyl adjacent to an activating group) is 1. The summed E-state index contributed by atoms with van der Waals surface area (Å²) in [4.78, 5) is 25.0. The molecule has 1 aromatic carbocycles. The maximum atomic E-state index is 12.3. The first-order chi connectivity index (χ1) is 10.5. The van der Waals surface area contributed by atoms with E-state index >= 15 is 0 Å². The van der Waals surface area contributed by atoms with Gasteiger partial charge in [-0.15, -0.1) is 0 Å². The average molecular weight is 305 g/mol. The molecule has 0 bridgehead atoms. The van der Waals surface area contributed by atoms with E-state index in [1.165, 1.54) is 19.2 Å². The third-order valence-electron chi connectivity index (χ3n) is 2.99. The zero-order chi connectivity index (χ0) is 16.5. The second kappa shape index (κ2) is 8.64. The minimum Gasteiger partial charge on any atom is -0.508 e. The number of methoxy groups -OCH3 is 1. The Morgan fingerprint density at radius 1 is 1.41 bits per heavy atom. The highest BCUT2D eigenvalue weighted by molar-refractivity contribution is 5.89. The van der Waals surface area contributed by atoms with E-state index in [1.54, 1.807) is 25.2 Å². The van der Waals surface area contributed by atoms with E-state index < -0.39 is 17.9 Å². The van der Waals surface area contributed by atoms with Gasteiger partial charge in [0.05, 0.1) is 0 Å². The fourth-order valence-corrected chi connectivity index (χ4v) is 1.90. The molecule has 7 heteroatoms. The minimum absolute atomic E-state index is 0.113. The predicted octanol–water partition coefficient (Wildman–Crippen LogP) is 0.395. The van der Waals surface area contributed by atoms with Crippen LogP contribution in [0, 0.1) is 11.5 Å². The molecule has 1 atom stereocenters. The van der Waals surface area contributed by atoms with Crippen LogP contribution in [0.2, 0.25) is 0 Å². The summed E-state index contributed by atoms with van der Waals surface area (Å²) < 4.78 is 4.73. The van der Waals surface area contributed by atoms with Crippen molar-refractivity contribution in [3.05, 3.63) is 29.8 Å². The normalized spacial score (nSPS) is 11.3. The first-order valence-corrected chi connectivity index (χ1v) is 6.79. The highest BCUT2D eigenvalue weighted by atomic mass is 16.5. The number of aromatic hydroxyl groups is 1. The monoisotopic (exact) mass is 305 g/mol. The van der Waals surface area contributed by atoms with Gasteiger partial charge >= 0.3 is 0 Å². The summed E-state index contributed by atoms with van der Waals surface area (Å²) in [6, 6.07) is 5.43. The molecule has 2 N–H and O–H groups in total. The van der Waals surface area contributed by atoms with Crippen LogP contribution in [-0.2, 0) is 20.7 Å². The Morgan fingerprint density at radius 3 is 2.55 bits per heavy atom. The van der Waals surface area contributed by atoms with Crippen molar-refractivity contribution in [2.75, 3.05) is 20.3 Å². The molecule has 1 unspecified atom stereocenters. The van der Waals surface area contributed by atoms with E-state index in [1.807, 2.05) is 0 Å². The van der Waals surface area contributed by atoms with Crippen LogP contribution in [0.3, 0.4) is 0 Å². The molecular formula is C15H19N3O4.